The third-order valence-electron chi connectivity index (χ3n) is 4.80. The smallest absolute Gasteiger partial charge is 0.348 e. The van der Waals surface area contributed by atoms with Crippen LogP contribution in [-0.2, 0) is 25.5 Å². The Morgan fingerprint density at radius 3 is 2.84 bits per heavy atom. The molecule has 31 heavy (non-hydrogen) atoms. The number of hydrogen-bond acceptors (Lipinski definition) is 7. The van der Waals surface area contributed by atoms with Crippen molar-refractivity contribution in [3.05, 3.63) is 64.2 Å². The number of benzene rings is 1. The zero-order chi connectivity index (χ0) is 22.0. The summed E-state index contributed by atoms with van der Waals surface area (Å²) in [5.41, 5.74) is 0.996. The minimum atomic E-state index is -0.884. The van der Waals surface area contributed by atoms with E-state index in [4.69, 9.17) is 30.2 Å². The molecule has 0 saturated carbocycles. The molecule has 0 fully saturated rings. The molecular formula is C21H19ClN2O7. The highest BCUT2D eigenvalue weighted by molar-refractivity contribution is 6.30. The monoisotopic (exact) mass is 446 g/mol. The van der Waals surface area contributed by atoms with Crippen molar-refractivity contribution >= 4 is 29.6 Å². The van der Waals surface area contributed by atoms with Gasteiger partial charge in [-0.15, -0.1) is 0 Å². The van der Waals surface area contributed by atoms with Gasteiger partial charge in [0.1, 0.15) is 24.2 Å². The molecule has 3 heterocycles. The van der Waals surface area contributed by atoms with E-state index in [1.54, 1.807) is 37.3 Å². The van der Waals surface area contributed by atoms with Crippen molar-refractivity contribution in [2.24, 2.45) is 0 Å². The average Bonchev–Trinajstić information content (AvgIpc) is 3.41. The van der Waals surface area contributed by atoms with Crippen molar-refractivity contribution in [1.82, 2.24) is 10.6 Å². The van der Waals surface area contributed by atoms with E-state index >= 15 is 0 Å². The lowest BCUT2D eigenvalue weighted by atomic mass is 10.0. The molecule has 0 spiro atoms. The van der Waals surface area contributed by atoms with Gasteiger partial charge in [-0.25, -0.2) is 14.4 Å². The largest absolute Gasteiger partial charge is 0.478 e. The molecule has 2 aliphatic heterocycles. The molecule has 2 N–H and O–H groups in total. The molecule has 0 saturated heterocycles. The number of halogens is 1. The Morgan fingerprint density at radius 2 is 2.10 bits per heavy atom. The molecule has 2 amide bonds. The number of nitrogens with one attached hydrogen (secondary N) is 2. The van der Waals surface area contributed by atoms with Gasteiger partial charge in [0.25, 0.3) is 0 Å². The maximum atomic E-state index is 12.6. The first-order valence-corrected chi connectivity index (χ1v) is 9.97. The van der Waals surface area contributed by atoms with Crippen LogP contribution in [0.4, 0.5) is 4.79 Å². The van der Waals surface area contributed by atoms with Crippen LogP contribution in [0.15, 0.2) is 52.3 Å². The maximum absolute atomic E-state index is 12.6. The molecule has 162 valence electrons. The van der Waals surface area contributed by atoms with E-state index in [0.717, 1.165) is 5.56 Å². The number of amides is 2. The molecule has 0 unspecified atom stereocenters. The summed E-state index contributed by atoms with van der Waals surface area (Å²) in [5, 5.41) is 5.68. The standard InChI is InChI=1S/C21H19ClN2O7/c1-2-28-20(26)17-13(23-21(27)24-18(17)15-4-3-7-29-15)10-30-19(25)16-9-11-8-12(22)5-6-14(11)31-16/h3-8,16,18H,2,9-10H2,1H3,(H2,23,24,27)/t16-,18-/m1/s1. The van der Waals surface area contributed by atoms with Crippen LogP contribution in [-0.4, -0.2) is 37.3 Å². The highest BCUT2D eigenvalue weighted by Gasteiger charge is 2.37. The predicted molar refractivity (Wildman–Crippen MR) is 107 cm³/mol. The van der Waals surface area contributed by atoms with E-state index in [-0.39, 0.29) is 24.5 Å². The highest BCUT2D eigenvalue weighted by atomic mass is 35.5. The van der Waals surface area contributed by atoms with Crippen LogP contribution in [0, 0.1) is 0 Å². The molecule has 10 heteroatoms. The molecule has 4 rings (SSSR count). The van der Waals surface area contributed by atoms with Crippen molar-refractivity contribution in [2.45, 2.75) is 25.5 Å². The second-order valence-corrected chi connectivity index (χ2v) is 7.27. The highest BCUT2D eigenvalue weighted by Crippen LogP contribution is 2.32. The lowest BCUT2D eigenvalue weighted by molar-refractivity contribution is -0.150. The van der Waals surface area contributed by atoms with Gasteiger partial charge in [-0.2, -0.15) is 0 Å². The van der Waals surface area contributed by atoms with Gasteiger partial charge >= 0.3 is 18.0 Å². The van der Waals surface area contributed by atoms with Crippen LogP contribution in [0.1, 0.15) is 24.3 Å². The number of hydrogen-bond donors (Lipinski definition) is 2. The molecule has 2 atom stereocenters. The second kappa shape index (κ2) is 8.73. The fraction of sp³-hybridized carbons (Fsp3) is 0.286. The number of carbonyl (C=O) groups excluding carboxylic acids is 3. The summed E-state index contributed by atoms with van der Waals surface area (Å²) in [7, 11) is 0. The zero-order valence-electron chi connectivity index (χ0n) is 16.5. The first kappa shape index (κ1) is 20.8. The number of ether oxygens (including phenoxy) is 3. The van der Waals surface area contributed by atoms with Crippen LogP contribution in [0.2, 0.25) is 5.02 Å². The Hall–Kier alpha value is -3.46. The van der Waals surface area contributed by atoms with Gasteiger partial charge in [-0.05, 0) is 42.8 Å². The van der Waals surface area contributed by atoms with E-state index in [2.05, 4.69) is 10.6 Å². The lowest BCUT2D eigenvalue weighted by Gasteiger charge is -2.27. The summed E-state index contributed by atoms with van der Waals surface area (Å²) in [6, 6.07) is 6.88. The van der Waals surface area contributed by atoms with Gasteiger partial charge < -0.3 is 29.3 Å². The van der Waals surface area contributed by atoms with Crippen molar-refractivity contribution in [1.29, 1.82) is 0 Å². The topological polar surface area (TPSA) is 116 Å². The van der Waals surface area contributed by atoms with Crippen molar-refractivity contribution in [3.8, 4) is 5.75 Å². The van der Waals surface area contributed by atoms with E-state index < -0.39 is 30.1 Å². The van der Waals surface area contributed by atoms with Gasteiger partial charge in [0, 0.05) is 11.4 Å². The van der Waals surface area contributed by atoms with E-state index in [1.807, 2.05) is 0 Å². The van der Waals surface area contributed by atoms with Crippen molar-refractivity contribution in [3.63, 3.8) is 0 Å². The Bertz CT molecular complexity index is 1050. The third kappa shape index (κ3) is 4.36. The Morgan fingerprint density at radius 1 is 1.26 bits per heavy atom. The van der Waals surface area contributed by atoms with Crippen molar-refractivity contribution < 1.29 is 33.0 Å². The Kier molecular flexibility index (Phi) is 5.85. The first-order chi connectivity index (χ1) is 15.0. The maximum Gasteiger partial charge on any atom is 0.348 e. The Labute approximate surface area is 182 Å². The number of esters is 2. The molecule has 2 aromatic rings. The molecule has 2 aliphatic rings. The van der Waals surface area contributed by atoms with E-state index in [1.165, 1.54) is 6.26 Å². The van der Waals surface area contributed by atoms with E-state index in [0.29, 0.717) is 23.0 Å². The normalized spacial score (nSPS) is 19.7. The zero-order valence-corrected chi connectivity index (χ0v) is 17.2. The van der Waals surface area contributed by atoms with Gasteiger partial charge in [-0.1, -0.05) is 11.6 Å². The van der Waals surface area contributed by atoms with Gasteiger partial charge in [0.15, 0.2) is 6.10 Å². The minimum absolute atomic E-state index is 0.0895. The average molecular weight is 447 g/mol. The Balaban J connectivity index is 1.53. The summed E-state index contributed by atoms with van der Waals surface area (Å²) >= 11 is 5.98. The summed E-state index contributed by atoms with van der Waals surface area (Å²) in [6.07, 6.45) is 0.882. The SMILES string of the molecule is CCOC(=O)C1=C(COC(=O)[C@H]2Cc3cc(Cl)ccc3O2)NC(=O)N[C@@H]1c1ccco1. The molecule has 0 aliphatic carbocycles. The summed E-state index contributed by atoms with van der Waals surface area (Å²) in [6.45, 7) is 1.44. The number of urea groups is 1. The second-order valence-electron chi connectivity index (χ2n) is 6.83. The van der Waals surface area contributed by atoms with Gasteiger partial charge in [0.2, 0.25) is 0 Å². The predicted octanol–water partition coefficient (Wildman–Crippen LogP) is 2.65. The number of carbonyl (C=O) groups is 3. The van der Waals surface area contributed by atoms with Crippen LogP contribution in [0.5, 0.6) is 5.75 Å². The number of furan rings is 1. The molecule has 1 aromatic heterocycles. The number of fused-ring (bicyclic) bond motifs is 1. The molecule has 1 aromatic carbocycles. The molecular weight excluding hydrogens is 428 g/mol. The fourth-order valence-corrected chi connectivity index (χ4v) is 3.63. The quantitative estimate of drug-likeness (QED) is 0.655. The lowest BCUT2D eigenvalue weighted by Crippen LogP contribution is -2.47. The molecule has 0 bridgehead atoms. The summed E-state index contributed by atoms with van der Waals surface area (Å²) in [4.78, 5) is 37.3. The fourth-order valence-electron chi connectivity index (χ4n) is 3.44. The van der Waals surface area contributed by atoms with Crippen LogP contribution in [0.3, 0.4) is 0 Å². The van der Waals surface area contributed by atoms with E-state index in [9.17, 15) is 14.4 Å². The number of rotatable bonds is 6. The van der Waals surface area contributed by atoms with Crippen LogP contribution < -0.4 is 15.4 Å². The van der Waals surface area contributed by atoms with Crippen molar-refractivity contribution in [2.75, 3.05) is 13.2 Å². The van der Waals surface area contributed by atoms with Crippen LogP contribution in [0.25, 0.3) is 0 Å². The molecule has 9 nitrogen and oxygen atoms in total. The van der Waals surface area contributed by atoms with Crippen LogP contribution >= 0.6 is 11.6 Å². The van der Waals surface area contributed by atoms with Gasteiger partial charge in [0.05, 0.1) is 24.1 Å². The first-order valence-electron chi connectivity index (χ1n) is 9.59. The summed E-state index contributed by atoms with van der Waals surface area (Å²) in [5.74, 6) is -0.397. The molecule has 0 radical (unpaired) electrons. The third-order valence-corrected chi connectivity index (χ3v) is 5.03. The van der Waals surface area contributed by atoms with Gasteiger partial charge in [-0.3, -0.25) is 0 Å². The summed E-state index contributed by atoms with van der Waals surface area (Å²) < 4.78 is 21.5. The minimum Gasteiger partial charge on any atom is -0.478 e.